The minimum Gasteiger partial charge on any atom is -0.355 e. The third-order valence-corrected chi connectivity index (χ3v) is 6.37. The SMILES string of the molecule is C[C@@H]1CCCN(Cc2ccccc2CNC(=O)[C@H]2CCCN(c3cnccn3)C2)C1. The second-order valence-electron chi connectivity index (χ2n) is 8.82. The van der Waals surface area contributed by atoms with Gasteiger partial charge in [-0.25, -0.2) is 4.98 Å². The third kappa shape index (κ3) is 5.36. The van der Waals surface area contributed by atoms with Crippen LogP contribution in [0.3, 0.4) is 0 Å². The topological polar surface area (TPSA) is 61.4 Å². The molecule has 2 aromatic rings. The van der Waals surface area contributed by atoms with Crippen LogP contribution in [0.25, 0.3) is 0 Å². The van der Waals surface area contributed by atoms with Gasteiger partial charge in [0.2, 0.25) is 5.91 Å². The van der Waals surface area contributed by atoms with Gasteiger partial charge in [0.15, 0.2) is 0 Å². The molecule has 4 rings (SSSR count). The zero-order chi connectivity index (χ0) is 20.8. The normalized spacial score (nSPS) is 22.6. The molecule has 6 nitrogen and oxygen atoms in total. The Labute approximate surface area is 179 Å². The van der Waals surface area contributed by atoms with E-state index in [9.17, 15) is 4.79 Å². The highest BCUT2D eigenvalue weighted by molar-refractivity contribution is 5.79. The van der Waals surface area contributed by atoms with Crippen LogP contribution < -0.4 is 10.2 Å². The molecule has 2 saturated heterocycles. The van der Waals surface area contributed by atoms with Crippen molar-refractivity contribution in [1.29, 1.82) is 0 Å². The largest absolute Gasteiger partial charge is 0.355 e. The fourth-order valence-electron chi connectivity index (χ4n) is 4.74. The molecule has 0 spiro atoms. The molecule has 160 valence electrons. The lowest BCUT2D eigenvalue weighted by Crippen LogP contribution is -2.43. The van der Waals surface area contributed by atoms with E-state index in [2.05, 4.69) is 56.3 Å². The third-order valence-electron chi connectivity index (χ3n) is 6.37. The van der Waals surface area contributed by atoms with Gasteiger partial charge in [0.05, 0.1) is 12.1 Å². The van der Waals surface area contributed by atoms with Crippen molar-refractivity contribution in [1.82, 2.24) is 20.2 Å². The number of nitrogens with one attached hydrogen (secondary N) is 1. The molecule has 1 amide bonds. The van der Waals surface area contributed by atoms with Crippen molar-refractivity contribution in [3.63, 3.8) is 0 Å². The first-order valence-corrected chi connectivity index (χ1v) is 11.3. The van der Waals surface area contributed by atoms with Gasteiger partial charge < -0.3 is 10.2 Å². The molecule has 2 aliphatic rings. The van der Waals surface area contributed by atoms with Crippen LogP contribution in [0.5, 0.6) is 0 Å². The van der Waals surface area contributed by atoms with E-state index in [-0.39, 0.29) is 11.8 Å². The summed E-state index contributed by atoms with van der Waals surface area (Å²) in [5, 5.41) is 3.21. The number of anilines is 1. The molecular formula is C24H33N5O. The Morgan fingerprint density at radius 3 is 2.73 bits per heavy atom. The molecule has 3 heterocycles. The van der Waals surface area contributed by atoms with E-state index in [1.54, 1.807) is 18.6 Å². The average molecular weight is 408 g/mol. The lowest BCUT2D eigenvalue weighted by molar-refractivity contribution is -0.125. The minimum absolute atomic E-state index is 0.00383. The van der Waals surface area contributed by atoms with E-state index < -0.39 is 0 Å². The summed E-state index contributed by atoms with van der Waals surface area (Å²) in [6.07, 6.45) is 9.70. The molecule has 2 atom stereocenters. The number of amides is 1. The fraction of sp³-hybridized carbons (Fsp3) is 0.542. The average Bonchev–Trinajstić information content (AvgIpc) is 2.79. The van der Waals surface area contributed by atoms with Crippen molar-refractivity contribution in [3.05, 3.63) is 54.0 Å². The molecule has 0 bridgehead atoms. The van der Waals surface area contributed by atoms with Crippen molar-refractivity contribution in [2.45, 2.75) is 45.7 Å². The van der Waals surface area contributed by atoms with Gasteiger partial charge >= 0.3 is 0 Å². The Morgan fingerprint density at radius 1 is 1.10 bits per heavy atom. The smallest absolute Gasteiger partial charge is 0.225 e. The summed E-state index contributed by atoms with van der Waals surface area (Å²) in [4.78, 5) is 26.2. The Hall–Kier alpha value is -2.47. The number of rotatable bonds is 6. The van der Waals surface area contributed by atoms with E-state index in [0.29, 0.717) is 13.1 Å². The van der Waals surface area contributed by atoms with E-state index in [1.165, 1.54) is 37.1 Å². The number of aromatic nitrogens is 2. The van der Waals surface area contributed by atoms with Crippen molar-refractivity contribution < 1.29 is 4.79 Å². The maximum Gasteiger partial charge on any atom is 0.225 e. The summed E-state index contributed by atoms with van der Waals surface area (Å²) < 4.78 is 0. The summed E-state index contributed by atoms with van der Waals surface area (Å²) in [6.45, 7) is 7.89. The maximum absolute atomic E-state index is 12.9. The summed E-state index contributed by atoms with van der Waals surface area (Å²) in [5.74, 6) is 1.77. The van der Waals surface area contributed by atoms with Crippen LogP contribution in [0, 0.1) is 11.8 Å². The molecule has 0 saturated carbocycles. The molecule has 1 aromatic carbocycles. The van der Waals surface area contributed by atoms with Crippen molar-refractivity contribution in [2.24, 2.45) is 11.8 Å². The molecule has 1 N–H and O–H groups in total. The summed E-state index contributed by atoms with van der Waals surface area (Å²) in [6, 6.07) is 8.53. The zero-order valence-corrected chi connectivity index (χ0v) is 18.0. The number of hydrogen-bond donors (Lipinski definition) is 1. The van der Waals surface area contributed by atoms with Crippen molar-refractivity contribution >= 4 is 11.7 Å². The first kappa shape index (κ1) is 20.8. The van der Waals surface area contributed by atoms with Crippen LogP contribution in [0.15, 0.2) is 42.9 Å². The Kier molecular flexibility index (Phi) is 6.95. The first-order valence-electron chi connectivity index (χ1n) is 11.3. The van der Waals surface area contributed by atoms with Gasteiger partial charge in [-0.2, -0.15) is 0 Å². The number of benzene rings is 1. The quantitative estimate of drug-likeness (QED) is 0.797. The van der Waals surface area contributed by atoms with Crippen LogP contribution in [-0.2, 0) is 17.9 Å². The predicted molar refractivity (Wildman–Crippen MR) is 119 cm³/mol. The number of hydrogen-bond acceptors (Lipinski definition) is 5. The highest BCUT2D eigenvalue weighted by Crippen LogP contribution is 2.22. The summed E-state index contributed by atoms with van der Waals surface area (Å²) >= 11 is 0. The zero-order valence-electron chi connectivity index (χ0n) is 18.0. The van der Waals surface area contributed by atoms with Gasteiger partial charge in [-0.3, -0.25) is 14.7 Å². The van der Waals surface area contributed by atoms with E-state index in [0.717, 1.165) is 37.7 Å². The minimum atomic E-state index is -0.00383. The van der Waals surface area contributed by atoms with Gasteiger partial charge in [-0.15, -0.1) is 0 Å². The second kappa shape index (κ2) is 10.0. The van der Waals surface area contributed by atoms with Crippen LogP contribution in [0.2, 0.25) is 0 Å². The van der Waals surface area contributed by atoms with Crippen LogP contribution in [-0.4, -0.2) is 47.0 Å². The number of piperidine rings is 2. The van der Waals surface area contributed by atoms with E-state index >= 15 is 0 Å². The number of carbonyl (C=O) groups is 1. The maximum atomic E-state index is 12.9. The highest BCUT2D eigenvalue weighted by atomic mass is 16.1. The standard InChI is InChI=1S/C24H33N5O/c1-19-6-4-12-28(16-19)17-21-8-3-2-7-20(21)14-27-24(30)22-9-5-13-29(18-22)23-15-25-10-11-26-23/h2-3,7-8,10-11,15,19,22H,4-6,9,12-14,16-18H2,1H3,(H,27,30)/t19-,22+/m1/s1. The Bertz CT molecular complexity index is 827. The molecule has 0 radical (unpaired) electrons. The monoisotopic (exact) mass is 407 g/mol. The number of nitrogens with zero attached hydrogens (tertiary/aromatic N) is 4. The van der Waals surface area contributed by atoms with Gasteiger partial charge in [-0.05, 0) is 49.3 Å². The van der Waals surface area contributed by atoms with Gasteiger partial charge in [0.1, 0.15) is 5.82 Å². The van der Waals surface area contributed by atoms with Crippen LogP contribution in [0.1, 0.15) is 43.7 Å². The molecule has 30 heavy (non-hydrogen) atoms. The highest BCUT2D eigenvalue weighted by Gasteiger charge is 2.26. The lowest BCUT2D eigenvalue weighted by Gasteiger charge is -2.33. The Morgan fingerprint density at radius 2 is 1.93 bits per heavy atom. The molecule has 0 unspecified atom stereocenters. The van der Waals surface area contributed by atoms with Crippen molar-refractivity contribution in [3.8, 4) is 0 Å². The van der Waals surface area contributed by atoms with Gasteiger partial charge in [0.25, 0.3) is 0 Å². The van der Waals surface area contributed by atoms with Gasteiger partial charge in [0, 0.05) is 45.1 Å². The fourth-order valence-corrected chi connectivity index (χ4v) is 4.74. The number of carbonyl (C=O) groups excluding carboxylic acids is 1. The number of likely N-dealkylation sites (tertiary alicyclic amines) is 1. The molecule has 0 aliphatic carbocycles. The molecule has 2 fully saturated rings. The Balaban J connectivity index is 1.33. The second-order valence-corrected chi connectivity index (χ2v) is 8.82. The van der Waals surface area contributed by atoms with E-state index in [4.69, 9.17) is 0 Å². The van der Waals surface area contributed by atoms with Gasteiger partial charge in [-0.1, -0.05) is 31.2 Å². The summed E-state index contributed by atoms with van der Waals surface area (Å²) in [5.41, 5.74) is 2.56. The molecule has 1 aromatic heterocycles. The summed E-state index contributed by atoms with van der Waals surface area (Å²) in [7, 11) is 0. The molecule has 2 aliphatic heterocycles. The van der Waals surface area contributed by atoms with Crippen LogP contribution in [0.4, 0.5) is 5.82 Å². The lowest BCUT2D eigenvalue weighted by atomic mass is 9.96. The molecule has 6 heteroatoms. The first-order chi connectivity index (χ1) is 14.7. The molecular weight excluding hydrogens is 374 g/mol. The van der Waals surface area contributed by atoms with Crippen LogP contribution >= 0.6 is 0 Å². The van der Waals surface area contributed by atoms with Crippen molar-refractivity contribution in [2.75, 3.05) is 31.1 Å². The predicted octanol–water partition coefficient (Wildman–Crippen LogP) is 3.24. The van der Waals surface area contributed by atoms with E-state index in [1.807, 2.05) is 0 Å².